The van der Waals surface area contributed by atoms with E-state index in [-0.39, 0.29) is 11.7 Å². The molecule has 8 heteroatoms. The van der Waals surface area contributed by atoms with Crippen molar-refractivity contribution in [1.82, 2.24) is 29.3 Å². The molecule has 1 aromatic carbocycles. The van der Waals surface area contributed by atoms with Crippen LogP contribution in [0.2, 0.25) is 0 Å². The zero-order valence-electron chi connectivity index (χ0n) is 19.6. The molecule has 0 saturated carbocycles. The SMILES string of the molecule is CCc1cn(-c2ccc(C=Cc3nc4n(n3)CCCC4c3cccc(C)c3F)nc2OC)cn1. The average Bonchev–Trinajstić information content (AvgIpc) is 3.51. The van der Waals surface area contributed by atoms with Crippen LogP contribution in [0.4, 0.5) is 4.39 Å². The number of nitrogens with zero attached hydrogens (tertiary/aromatic N) is 6. The molecule has 34 heavy (non-hydrogen) atoms. The summed E-state index contributed by atoms with van der Waals surface area (Å²) in [6.45, 7) is 4.64. The van der Waals surface area contributed by atoms with E-state index in [0.717, 1.165) is 48.7 Å². The van der Waals surface area contributed by atoms with Crippen LogP contribution in [0.5, 0.6) is 5.88 Å². The number of aryl methyl sites for hydroxylation is 3. The first-order valence-corrected chi connectivity index (χ1v) is 11.5. The second-order valence-electron chi connectivity index (χ2n) is 8.45. The van der Waals surface area contributed by atoms with Crippen molar-refractivity contribution in [2.24, 2.45) is 0 Å². The van der Waals surface area contributed by atoms with Crippen molar-refractivity contribution in [3.8, 4) is 11.6 Å². The van der Waals surface area contributed by atoms with Crippen molar-refractivity contribution in [3.63, 3.8) is 0 Å². The molecule has 5 rings (SSSR count). The molecule has 0 fully saturated rings. The highest BCUT2D eigenvalue weighted by Gasteiger charge is 2.27. The van der Waals surface area contributed by atoms with Gasteiger partial charge in [0.05, 0.1) is 24.8 Å². The predicted octanol–water partition coefficient (Wildman–Crippen LogP) is 4.97. The minimum Gasteiger partial charge on any atom is -0.479 e. The zero-order valence-corrected chi connectivity index (χ0v) is 19.6. The van der Waals surface area contributed by atoms with Gasteiger partial charge in [0.2, 0.25) is 5.88 Å². The summed E-state index contributed by atoms with van der Waals surface area (Å²) in [5, 5.41) is 4.64. The molecule has 1 aliphatic heterocycles. The number of benzene rings is 1. The Hall–Kier alpha value is -3.81. The van der Waals surface area contributed by atoms with Crippen LogP contribution in [0.25, 0.3) is 17.8 Å². The van der Waals surface area contributed by atoms with E-state index in [1.807, 2.05) is 51.9 Å². The van der Waals surface area contributed by atoms with Crippen LogP contribution in [0.15, 0.2) is 42.9 Å². The van der Waals surface area contributed by atoms with Gasteiger partial charge < -0.3 is 9.30 Å². The summed E-state index contributed by atoms with van der Waals surface area (Å²) in [7, 11) is 1.60. The summed E-state index contributed by atoms with van der Waals surface area (Å²) in [6, 6.07) is 9.42. The Labute approximate surface area is 198 Å². The van der Waals surface area contributed by atoms with Gasteiger partial charge in [0.1, 0.15) is 17.3 Å². The summed E-state index contributed by atoms with van der Waals surface area (Å²) in [6.07, 6.45) is 10.1. The molecule has 1 unspecified atom stereocenters. The van der Waals surface area contributed by atoms with Crippen molar-refractivity contribution in [3.05, 3.63) is 82.8 Å². The lowest BCUT2D eigenvalue weighted by atomic mass is 9.90. The van der Waals surface area contributed by atoms with E-state index < -0.39 is 0 Å². The Kier molecular flexibility index (Phi) is 5.96. The molecule has 1 atom stereocenters. The third kappa shape index (κ3) is 4.11. The topological polar surface area (TPSA) is 70.7 Å². The molecule has 0 amide bonds. The highest BCUT2D eigenvalue weighted by atomic mass is 19.1. The fraction of sp³-hybridized carbons (Fsp3) is 0.308. The maximum absolute atomic E-state index is 14.8. The molecule has 3 aromatic heterocycles. The molecule has 1 aliphatic rings. The molecule has 0 spiro atoms. The first-order valence-electron chi connectivity index (χ1n) is 11.5. The number of aromatic nitrogens is 6. The Morgan fingerprint density at radius 2 is 2.06 bits per heavy atom. The second-order valence-corrected chi connectivity index (χ2v) is 8.45. The molecular weight excluding hydrogens is 431 g/mol. The Balaban J connectivity index is 1.41. The maximum Gasteiger partial charge on any atom is 0.238 e. The standard InChI is InChI=1S/C26H27FN6O/c1-4-18-15-32(16-28-18)22-12-10-19(29-26(22)34-3)11-13-23-30-25-21(9-6-14-33(25)31-23)20-8-5-7-17(2)24(20)27/h5,7-8,10-13,15-16,21H,4,6,9,14H2,1-3H3. The van der Waals surface area contributed by atoms with Gasteiger partial charge in [-0.2, -0.15) is 5.10 Å². The van der Waals surface area contributed by atoms with Crippen molar-refractivity contribution in [2.45, 2.75) is 45.6 Å². The van der Waals surface area contributed by atoms with E-state index in [4.69, 9.17) is 9.72 Å². The molecule has 0 bridgehead atoms. The van der Waals surface area contributed by atoms with Gasteiger partial charge >= 0.3 is 0 Å². The third-order valence-electron chi connectivity index (χ3n) is 6.22. The van der Waals surface area contributed by atoms with Gasteiger partial charge in [-0.25, -0.2) is 24.0 Å². The monoisotopic (exact) mass is 458 g/mol. The van der Waals surface area contributed by atoms with Crippen LogP contribution in [0.3, 0.4) is 0 Å². The van der Waals surface area contributed by atoms with Crippen molar-refractivity contribution >= 4 is 12.2 Å². The number of rotatable bonds is 6. The molecule has 0 aliphatic carbocycles. The van der Waals surface area contributed by atoms with Crippen molar-refractivity contribution < 1.29 is 9.13 Å². The van der Waals surface area contributed by atoms with Crippen molar-refractivity contribution in [2.75, 3.05) is 7.11 Å². The van der Waals surface area contributed by atoms with E-state index in [9.17, 15) is 4.39 Å². The lowest BCUT2D eigenvalue weighted by molar-refractivity contribution is 0.395. The molecule has 0 radical (unpaired) electrons. The first-order chi connectivity index (χ1) is 16.6. The fourth-order valence-electron chi connectivity index (χ4n) is 4.40. The number of hydrogen-bond donors (Lipinski definition) is 0. The number of hydrogen-bond acceptors (Lipinski definition) is 5. The highest BCUT2D eigenvalue weighted by molar-refractivity contribution is 5.65. The number of halogens is 1. The third-order valence-corrected chi connectivity index (χ3v) is 6.22. The van der Waals surface area contributed by atoms with Crippen LogP contribution < -0.4 is 4.74 Å². The van der Waals surface area contributed by atoms with Gasteiger partial charge in [-0.15, -0.1) is 0 Å². The summed E-state index contributed by atoms with van der Waals surface area (Å²) >= 11 is 0. The van der Waals surface area contributed by atoms with E-state index in [1.54, 1.807) is 26.4 Å². The van der Waals surface area contributed by atoms with E-state index in [1.165, 1.54) is 0 Å². The predicted molar refractivity (Wildman–Crippen MR) is 128 cm³/mol. The molecular formula is C26H27FN6O. The van der Waals surface area contributed by atoms with Crippen LogP contribution in [-0.2, 0) is 13.0 Å². The summed E-state index contributed by atoms with van der Waals surface area (Å²) in [4.78, 5) is 13.7. The smallest absolute Gasteiger partial charge is 0.238 e. The molecule has 4 aromatic rings. The van der Waals surface area contributed by atoms with Gasteiger partial charge in [0.25, 0.3) is 0 Å². The number of methoxy groups -OCH3 is 1. The number of imidazole rings is 1. The minimum atomic E-state index is -0.152. The number of fused-ring (bicyclic) bond motifs is 1. The summed E-state index contributed by atoms with van der Waals surface area (Å²) in [5.74, 6) is 1.66. The Bertz CT molecular complexity index is 1360. The lowest BCUT2D eigenvalue weighted by Gasteiger charge is -2.23. The van der Waals surface area contributed by atoms with Gasteiger partial charge in [0, 0.05) is 18.7 Å². The van der Waals surface area contributed by atoms with Crippen LogP contribution in [-0.4, -0.2) is 36.4 Å². The van der Waals surface area contributed by atoms with E-state index in [0.29, 0.717) is 22.8 Å². The quantitative estimate of drug-likeness (QED) is 0.408. The molecule has 0 saturated heterocycles. The number of ether oxygens (including phenoxy) is 1. The number of pyridine rings is 1. The Morgan fingerprint density at radius 3 is 2.85 bits per heavy atom. The molecule has 7 nitrogen and oxygen atoms in total. The summed E-state index contributed by atoms with van der Waals surface area (Å²) < 4.78 is 24.1. The maximum atomic E-state index is 14.8. The van der Waals surface area contributed by atoms with Gasteiger partial charge in [0.15, 0.2) is 5.82 Å². The van der Waals surface area contributed by atoms with Gasteiger partial charge in [-0.05, 0) is 61.6 Å². The van der Waals surface area contributed by atoms with Crippen molar-refractivity contribution in [1.29, 1.82) is 0 Å². The molecule has 0 N–H and O–H groups in total. The van der Waals surface area contributed by atoms with Crippen LogP contribution in [0, 0.1) is 12.7 Å². The van der Waals surface area contributed by atoms with E-state index >= 15 is 0 Å². The second kappa shape index (κ2) is 9.21. The largest absolute Gasteiger partial charge is 0.479 e. The van der Waals surface area contributed by atoms with E-state index in [2.05, 4.69) is 22.0 Å². The van der Waals surface area contributed by atoms with Crippen LogP contribution in [0.1, 0.15) is 59.8 Å². The first kappa shape index (κ1) is 22.0. The highest BCUT2D eigenvalue weighted by Crippen LogP contribution is 2.34. The lowest BCUT2D eigenvalue weighted by Crippen LogP contribution is -2.19. The van der Waals surface area contributed by atoms with Crippen LogP contribution >= 0.6 is 0 Å². The molecule has 174 valence electrons. The fourth-order valence-corrected chi connectivity index (χ4v) is 4.40. The normalized spacial score (nSPS) is 15.6. The summed E-state index contributed by atoms with van der Waals surface area (Å²) in [5.41, 5.74) is 3.90. The van der Waals surface area contributed by atoms with Gasteiger partial charge in [-0.3, -0.25) is 0 Å². The molecule has 4 heterocycles. The average molecular weight is 459 g/mol. The Morgan fingerprint density at radius 1 is 1.18 bits per heavy atom. The minimum absolute atomic E-state index is 0.0935. The zero-order chi connectivity index (χ0) is 23.7. The van der Waals surface area contributed by atoms with Gasteiger partial charge in [-0.1, -0.05) is 25.1 Å².